The van der Waals surface area contributed by atoms with Crippen LogP contribution in [0.2, 0.25) is 0 Å². The second-order valence-electron chi connectivity index (χ2n) is 7.88. The van der Waals surface area contributed by atoms with Gasteiger partial charge in [-0.3, -0.25) is 4.79 Å². The Kier molecular flexibility index (Phi) is 4.45. The van der Waals surface area contributed by atoms with Crippen molar-refractivity contribution < 1.29 is 9.90 Å². The average Bonchev–Trinajstić information content (AvgIpc) is 3.16. The fraction of sp³-hybridized carbons (Fsp3) is 0.938. The molecule has 0 bridgehead atoms. The Morgan fingerprint density at radius 3 is 2.50 bits per heavy atom. The number of nitrogens with zero attached hydrogens (tertiary/aromatic N) is 1. The predicted molar refractivity (Wildman–Crippen MR) is 80.4 cm³/mol. The quantitative estimate of drug-likeness (QED) is 0.808. The molecule has 2 unspecified atom stereocenters. The Labute approximate surface area is 122 Å². The number of aliphatic hydroxyl groups is 1. The van der Waals surface area contributed by atoms with Gasteiger partial charge in [0.2, 0.25) is 5.91 Å². The van der Waals surface area contributed by atoms with Crippen molar-refractivity contribution in [3.8, 4) is 0 Å². The van der Waals surface area contributed by atoms with Crippen LogP contribution in [-0.2, 0) is 4.79 Å². The Morgan fingerprint density at radius 2 is 2.00 bits per heavy atom. The molecule has 2 atom stereocenters. The zero-order chi connectivity index (χ0) is 15.0. The molecular formula is C16H30N2O2. The first kappa shape index (κ1) is 15.8. The molecular weight excluding hydrogens is 252 g/mol. The predicted octanol–water partition coefficient (Wildman–Crippen LogP) is 1.77. The number of aliphatic hydroxyl groups excluding tert-OH is 1. The van der Waals surface area contributed by atoms with E-state index in [2.05, 4.69) is 26.1 Å². The highest BCUT2D eigenvalue weighted by atomic mass is 16.3. The van der Waals surface area contributed by atoms with E-state index in [1.54, 1.807) is 0 Å². The van der Waals surface area contributed by atoms with Crippen molar-refractivity contribution in [2.24, 2.45) is 11.3 Å². The molecule has 2 aliphatic rings. The molecule has 2 N–H and O–H groups in total. The normalized spacial score (nSPS) is 33.0. The maximum atomic E-state index is 12.1. The van der Waals surface area contributed by atoms with E-state index in [-0.39, 0.29) is 23.5 Å². The standard InChI is InChI=1S/C16H30N2O2/c1-12-7-15(2,3)10-16(8-12,11-19)17-9-14(20)18(4)13-5-6-13/h12-13,17,19H,5-11H2,1-4H3. The van der Waals surface area contributed by atoms with Gasteiger partial charge in [0.25, 0.3) is 0 Å². The summed E-state index contributed by atoms with van der Waals surface area (Å²) in [4.78, 5) is 14.0. The number of amides is 1. The third-order valence-corrected chi connectivity index (χ3v) is 4.86. The van der Waals surface area contributed by atoms with Crippen LogP contribution in [0, 0.1) is 11.3 Å². The van der Waals surface area contributed by atoms with E-state index in [1.165, 1.54) is 6.42 Å². The molecule has 0 aromatic carbocycles. The van der Waals surface area contributed by atoms with Crippen molar-refractivity contribution in [1.29, 1.82) is 0 Å². The zero-order valence-electron chi connectivity index (χ0n) is 13.4. The fourth-order valence-electron chi connectivity index (χ4n) is 4.11. The van der Waals surface area contributed by atoms with Crippen LogP contribution in [-0.4, -0.2) is 47.7 Å². The molecule has 2 aliphatic carbocycles. The lowest BCUT2D eigenvalue weighted by atomic mass is 9.64. The van der Waals surface area contributed by atoms with Gasteiger partial charge in [-0.05, 0) is 43.4 Å². The van der Waals surface area contributed by atoms with E-state index in [0.29, 0.717) is 18.5 Å². The Hall–Kier alpha value is -0.610. The van der Waals surface area contributed by atoms with Gasteiger partial charge in [0.05, 0.1) is 13.2 Å². The van der Waals surface area contributed by atoms with Crippen LogP contribution < -0.4 is 5.32 Å². The van der Waals surface area contributed by atoms with Crippen LogP contribution in [0.15, 0.2) is 0 Å². The van der Waals surface area contributed by atoms with E-state index >= 15 is 0 Å². The van der Waals surface area contributed by atoms with Crippen LogP contribution in [0.1, 0.15) is 52.9 Å². The van der Waals surface area contributed by atoms with E-state index in [4.69, 9.17) is 0 Å². The molecule has 0 saturated heterocycles. The number of hydrogen-bond acceptors (Lipinski definition) is 3. The summed E-state index contributed by atoms with van der Waals surface area (Å²) in [6.07, 6.45) is 5.34. The van der Waals surface area contributed by atoms with E-state index in [9.17, 15) is 9.90 Å². The second kappa shape index (κ2) is 5.64. The lowest BCUT2D eigenvalue weighted by molar-refractivity contribution is -0.130. The van der Waals surface area contributed by atoms with Crippen molar-refractivity contribution in [1.82, 2.24) is 10.2 Å². The minimum atomic E-state index is -0.290. The molecule has 0 spiro atoms. The summed E-state index contributed by atoms with van der Waals surface area (Å²) >= 11 is 0. The molecule has 0 heterocycles. The molecule has 0 radical (unpaired) electrons. The van der Waals surface area contributed by atoms with Crippen molar-refractivity contribution in [3.05, 3.63) is 0 Å². The van der Waals surface area contributed by atoms with Gasteiger partial charge in [-0.1, -0.05) is 20.8 Å². The van der Waals surface area contributed by atoms with Crippen LogP contribution >= 0.6 is 0 Å². The Morgan fingerprint density at radius 1 is 1.35 bits per heavy atom. The Balaban J connectivity index is 1.94. The number of carbonyl (C=O) groups excluding carboxylic acids is 1. The van der Waals surface area contributed by atoms with Gasteiger partial charge >= 0.3 is 0 Å². The molecule has 0 aromatic heterocycles. The van der Waals surface area contributed by atoms with E-state index in [0.717, 1.165) is 25.7 Å². The summed E-state index contributed by atoms with van der Waals surface area (Å²) in [5.41, 5.74) is -0.0694. The van der Waals surface area contributed by atoms with E-state index in [1.807, 2.05) is 11.9 Å². The van der Waals surface area contributed by atoms with Crippen molar-refractivity contribution in [3.63, 3.8) is 0 Å². The van der Waals surface area contributed by atoms with Gasteiger partial charge in [0.1, 0.15) is 0 Å². The fourth-order valence-corrected chi connectivity index (χ4v) is 4.11. The smallest absolute Gasteiger partial charge is 0.236 e. The van der Waals surface area contributed by atoms with Crippen molar-refractivity contribution >= 4 is 5.91 Å². The molecule has 4 nitrogen and oxygen atoms in total. The van der Waals surface area contributed by atoms with Gasteiger partial charge in [-0.25, -0.2) is 0 Å². The highest BCUT2D eigenvalue weighted by molar-refractivity contribution is 5.78. The minimum Gasteiger partial charge on any atom is -0.394 e. The first-order chi connectivity index (χ1) is 9.27. The van der Waals surface area contributed by atoms with Gasteiger partial charge in [-0.2, -0.15) is 0 Å². The maximum absolute atomic E-state index is 12.1. The van der Waals surface area contributed by atoms with Crippen LogP contribution in [0.3, 0.4) is 0 Å². The van der Waals surface area contributed by atoms with Gasteiger partial charge in [-0.15, -0.1) is 0 Å². The summed E-state index contributed by atoms with van der Waals surface area (Å²) in [6.45, 7) is 7.21. The summed E-state index contributed by atoms with van der Waals surface area (Å²) < 4.78 is 0. The molecule has 116 valence electrons. The van der Waals surface area contributed by atoms with Crippen LogP contribution in [0.25, 0.3) is 0 Å². The highest BCUT2D eigenvalue weighted by Crippen LogP contribution is 2.43. The first-order valence-corrected chi connectivity index (χ1v) is 7.88. The number of likely N-dealkylation sites (N-methyl/N-ethyl adjacent to an activating group) is 1. The number of carbonyl (C=O) groups is 1. The molecule has 2 fully saturated rings. The summed E-state index contributed by atoms with van der Waals surface area (Å²) in [5, 5.41) is 13.3. The lowest BCUT2D eigenvalue weighted by Crippen LogP contribution is -2.57. The van der Waals surface area contributed by atoms with Crippen LogP contribution in [0.5, 0.6) is 0 Å². The SMILES string of the molecule is CC1CC(C)(C)CC(CO)(NCC(=O)N(C)C2CC2)C1. The molecule has 2 saturated carbocycles. The topological polar surface area (TPSA) is 52.6 Å². The molecule has 2 rings (SSSR count). The highest BCUT2D eigenvalue weighted by Gasteiger charge is 2.42. The molecule has 0 aromatic rings. The van der Waals surface area contributed by atoms with Crippen LogP contribution in [0.4, 0.5) is 0 Å². The van der Waals surface area contributed by atoms with E-state index < -0.39 is 0 Å². The third-order valence-electron chi connectivity index (χ3n) is 4.86. The minimum absolute atomic E-state index is 0.112. The molecule has 0 aliphatic heterocycles. The lowest BCUT2D eigenvalue weighted by Gasteiger charge is -2.47. The monoisotopic (exact) mass is 282 g/mol. The number of rotatable bonds is 5. The van der Waals surface area contributed by atoms with Gasteiger partial charge < -0.3 is 15.3 Å². The van der Waals surface area contributed by atoms with Crippen molar-refractivity contribution in [2.75, 3.05) is 20.2 Å². The second-order valence-corrected chi connectivity index (χ2v) is 7.88. The van der Waals surface area contributed by atoms with Gasteiger partial charge in [0.15, 0.2) is 0 Å². The zero-order valence-corrected chi connectivity index (χ0v) is 13.4. The summed E-state index contributed by atoms with van der Waals surface area (Å²) in [5.74, 6) is 0.728. The first-order valence-electron chi connectivity index (χ1n) is 7.88. The number of hydrogen-bond donors (Lipinski definition) is 2. The Bertz CT molecular complexity index is 365. The number of nitrogens with one attached hydrogen (secondary N) is 1. The average molecular weight is 282 g/mol. The molecule has 20 heavy (non-hydrogen) atoms. The summed E-state index contributed by atoms with van der Waals surface area (Å²) in [7, 11) is 1.89. The van der Waals surface area contributed by atoms with Gasteiger partial charge in [0, 0.05) is 18.6 Å². The van der Waals surface area contributed by atoms with Crippen molar-refractivity contribution in [2.45, 2.75) is 64.5 Å². The summed E-state index contributed by atoms with van der Waals surface area (Å²) in [6, 6.07) is 0.455. The molecule has 4 heteroatoms. The third kappa shape index (κ3) is 3.73. The molecule has 1 amide bonds. The maximum Gasteiger partial charge on any atom is 0.236 e. The largest absolute Gasteiger partial charge is 0.394 e.